The van der Waals surface area contributed by atoms with Crippen LogP contribution in [0.1, 0.15) is 24.8 Å². The molecule has 2 unspecified atom stereocenters. The van der Waals surface area contributed by atoms with Crippen LogP contribution in [0.2, 0.25) is 0 Å². The lowest BCUT2D eigenvalue weighted by Gasteiger charge is -2.22. The van der Waals surface area contributed by atoms with Crippen LogP contribution >= 0.6 is 0 Å². The van der Waals surface area contributed by atoms with Crippen LogP contribution in [0.4, 0.5) is 0 Å². The van der Waals surface area contributed by atoms with Crippen molar-refractivity contribution in [2.75, 3.05) is 20.1 Å². The standard InChI is InChI=1S/C14H20N2O/c1-11(14(17)15-2)16-9-8-13(10-16)12-6-4-3-5-7-12/h3-7,11,13H,8-10H2,1-2H3,(H,15,17). The van der Waals surface area contributed by atoms with E-state index in [1.54, 1.807) is 7.05 Å². The summed E-state index contributed by atoms with van der Waals surface area (Å²) in [7, 11) is 1.70. The number of hydrogen-bond donors (Lipinski definition) is 1. The SMILES string of the molecule is CNC(=O)C(C)N1CCC(c2ccccc2)C1. The Labute approximate surface area is 103 Å². The Bertz CT molecular complexity index is 377. The van der Waals surface area contributed by atoms with Gasteiger partial charge in [-0.1, -0.05) is 30.3 Å². The molecule has 1 aliphatic heterocycles. The highest BCUT2D eigenvalue weighted by Gasteiger charge is 2.29. The monoisotopic (exact) mass is 232 g/mol. The molecular formula is C14H20N2O. The predicted molar refractivity (Wildman–Crippen MR) is 68.9 cm³/mol. The van der Waals surface area contributed by atoms with Gasteiger partial charge in [0.15, 0.2) is 0 Å². The minimum atomic E-state index is -0.0197. The average molecular weight is 232 g/mol. The third-order valence-electron chi connectivity index (χ3n) is 3.66. The van der Waals surface area contributed by atoms with Crippen LogP contribution in [-0.4, -0.2) is 37.0 Å². The molecule has 1 fully saturated rings. The summed E-state index contributed by atoms with van der Waals surface area (Å²) < 4.78 is 0. The van der Waals surface area contributed by atoms with Crippen molar-refractivity contribution in [1.29, 1.82) is 0 Å². The van der Waals surface area contributed by atoms with E-state index in [0.717, 1.165) is 19.5 Å². The van der Waals surface area contributed by atoms with Crippen LogP contribution in [-0.2, 0) is 4.79 Å². The first-order valence-electron chi connectivity index (χ1n) is 6.23. The minimum Gasteiger partial charge on any atom is -0.358 e. The van der Waals surface area contributed by atoms with Gasteiger partial charge in [0.05, 0.1) is 6.04 Å². The molecule has 2 rings (SSSR count). The topological polar surface area (TPSA) is 32.3 Å². The van der Waals surface area contributed by atoms with Gasteiger partial charge < -0.3 is 5.32 Å². The first-order chi connectivity index (χ1) is 8.22. The van der Waals surface area contributed by atoms with Gasteiger partial charge in [0.25, 0.3) is 0 Å². The lowest BCUT2D eigenvalue weighted by atomic mass is 9.99. The van der Waals surface area contributed by atoms with E-state index >= 15 is 0 Å². The predicted octanol–water partition coefficient (Wildman–Crippen LogP) is 1.61. The van der Waals surface area contributed by atoms with Crippen LogP contribution in [0.5, 0.6) is 0 Å². The first-order valence-corrected chi connectivity index (χ1v) is 6.23. The van der Waals surface area contributed by atoms with Crippen molar-refractivity contribution in [3.8, 4) is 0 Å². The molecule has 1 N–H and O–H groups in total. The Hall–Kier alpha value is -1.35. The van der Waals surface area contributed by atoms with Crippen molar-refractivity contribution in [3.63, 3.8) is 0 Å². The molecule has 17 heavy (non-hydrogen) atoms. The van der Waals surface area contributed by atoms with Crippen LogP contribution in [0.25, 0.3) is 0 Å². The van der Waals surface area contributed by atoms with Crippen LogP contribution in [0.3, 0.4) is 0 Å². The number of likely N-dealkylation sites (tertiary alicyclic amines) is 1. The molecule has 3 nitrogen and oxygen atoms in total. The lowest BCUT2D eigenvalue weighted by molar-refractivity contribution is -0.125. The van der Waals surface area contributed by atoms with Crippen molar-refractivity contribution >= 4 is 5.91 Å². The second-order valence-corrected chi connectivity index (χ2v) is 4.68. The fourth-order valence-electron chi connectivity index (χ4n) is 2.51. The molecule has 92 valence electrons. The van der Waals surface area contributed by atoms with Gasteiger partial charge in [0.2, 0.25) is 5.91 Å². The minimum absolute atomic E-state index is 0.0197. The van der Waals surface area contributed by atoms with Crippen molar-refractivity contribution in [2.45, 2.75) is 25.3 Å². The number of carbonyl (C=O) groups excluding carboxylic acids is 1. The zero-order valence-electron chi connectivity index (χ0n) is 10.5. The van der Waals surface area contributed by atoms with E-state index in [0.29, 0.717) is 5.92 Å². The highest BCUT2D eigenvalue weighted by Crippen LogP contribution is 2.27. The van der Waals surface area contributed by atoms with E-state index in [-0.39, 0.29) is 11.9 Å². The fourth-order valence-corrected chi connectivity index (χ4v) is 2.51. The van der Waals surface area contributed by atoms with Gasteiger partial charge in [-0.05, 0) is 31.4 Å². The zero-order valence-corrected chi connectivity index (χ0v) is 10.5. The summed E-state index contributed by atoms with van der Waals surface area (Å²) in [6, 6.07) is 10.6. The summed E-state index contributed by atoms with van der Waals surface area (Å²) in [5.41, 5.74) is 1.39. The summed E-state index contributed by atoms with van der Waals surface area (Å²) >= 11 is 0. The van der Waals surface area contributed by atoms with Crippen molar-refractivity contribution < 1.29 is 4.79 Å². The van der Waals surface area contributed by atoms with Gasteiger partial charge in [-0.25, -0.2) is 0 Å². The fraction of sp³-hybridized carbons (Fsp3) is 0.500. The van der Waals surface area contributed by atoms with E-state index in [2.05, 4.69) is 34.5 Å². The molecule has 3 heteroatoms. The van der Waals surface area contributed by atoms with Crippen molar-refractivity contribution in [3.05, 3.63) is 35.9 Å². The van der Waals surface area contributed by atoms with E-state index in [1.165, 1.54) is 5.56 Å². The zero-order chi connectivity index (χ0) is 12.3. The summed E-state index contributed by atoms with van der Waals surface area (Å²) in [5, 5.41) is 2.72. The van der Waals surface area contributed by atoms with Gasteiger partial charge in [0, 0.05) is 13.6 Å². The van der Waals surface area contributed by atoms with Crippen LogP contribution in [0.15, 0.2) is 30.3 Å². The molecule has 0 radical (unpaired) electrons. The van der Waals surface area contributed by atoms with Crippen LogP contribution in [0, 0.1) is 0 Å². The number of carbonyl (C=O) groups is 1. The van der Waals surface area contributed by atoms with Gasteiger partial charge in [-0.15, -0.1) is 0 Å². The Morgan fingerprint density at radius 1 is 1.41 bits per heavy atom. The molecule has 0 aliphatic carbocycles. The number of amides is 1. The van der Waals surface area contributed by atoms with Gasteiger partial charge in [0.1, 0.15) is 0 Å². The Morgan fingerprint density at radius 3 is 2.76 bits per heavy atom. The second kappa shape index (κ2) is 5.32. The quantitative estimate of drug-likeness (QED) is 0.858. The molecule has 1 aromatic carbocycles. The molecule has 2 atom stereocenters. The maximum atomic E-state index is 11.6. The molecule has 0 spiro atoms. The number of nitrogens with zero attached hydrogens (tertiary/aromatic N) is 1. The van der Waals surface area contributed by atoms with E-state index < -0.39 is 0 Å². The Morgan fingerprint density at radius 2 is 2.12 bits per heavy atom. The molecule has 1 heterocycles. The number of likely N-dealkylation sites (N-methyl/N-ethyl adjacent to an activating group) is 1. The summed E-state index contributed by atoms with van der Waals surface area (Å²) in [5.74, 6) is 0.682. The lowest BCUT2D eigenvalue weighted by Crippen LogP contribution is -2.42. The third-order valence-corrected chi connectivity index (χ3v) is 3.66. The highest BCUT2D eigenvalue weighted by molar-refractivity contribution is 5.81. The molecule has 1 aliphatic rings. The third kappa shape index (κ3) is 2.67. The molecule has 1 aromatic rings. The normalized spacial score (nSPS) is 22.4. The molecule has 0 aromatic heterocycles. The number of hydrogen-bond acceptors (Lipinski definition) is 2. The molecular weight excluding hydrogens is 212 g/mol. The number of rotatable bonds is 3. The Balaban J connectivity index is 1.98. The van der Waals surface area contributed by atoms with Gasteiger partial charge in [-0.3, -0.25) is 9.69 Å². The number of benzene rings is 1. The molecule has 1 saturated heterocycles. The maximum absolute atomic E-state index is 11.6. The van der Waals surface area contributed by atoms with E-state index in [9.17, 15) is 4.79 Å². The van der Waals surface area contributed by atoms with Crippen molar-refractivity contribution in [2.24, 2.45) is 0 Å². The smallest absolute Gasteiger partial charge is 0.236 e. The first kappa shape index (κ1) is 12.1. The largest absolute Gasteiger partial charge is 0.358 e. The second-order valence-electron chi connectivity index (χ2n) is 4.68. The molecule has 0 bridgehead atoms. The van der Waals surface area contributed by atoms with Gasteiger partial charge >= 0.3 is 0 Å². The van der Waals surface area contributed by atoms with Gasteiger partial charge in [-0.2, -0.15) is 0 Å². The summed E-state index contributed by atoms with van der Waals surface area (Å²) in [6.45, 7) is 3.97. The summed E-state index contributed by atoms with van der Waals surface area (Å²) in [4.78, 5) is 13.8. The van der Waals surface area contributed by atoms with Crippen LogP contribution < -0.4 is 5.32 Å². The maximum Gasteiger partial charge on any atom is 0.236 e. The summed E-state index contributed by atoms with van der Waals surface area (Å²) in [6.07, 6.45) is 1.14. The van der Waals surface area contributed by atoms with E-state index in [4.69, 9.17) is 0 Å². The Kier molecular flexibility index (Phi) is 3.79. The molecule has 0 saturated carbocycles. The highest BCUT2D eigenvalue weighted by atomic mass is 16.2. The average Bonchev–Trinajstić information content (AvgIpc) is 2.87. The molecule has 1 amide bonds. The number of nitrogens with one attached hydrogen (secondary N) is 1. The van der Waals surface area contributed by atoms with E-state index in [1.807, 2.05) is 13.0 Å². The van der Waals surface area contributed by atoms with Crippen molar-refractivity contribution in [1.82, 2.24) is 10.2 Å².